The molecule has 36 heavy (non-hydrogen) atoms. The van der Waals surface area contributed by atoms with Crippen LogP contribution < -0.4 is 20.3 Å². The van der Waals surface area contributed by atoms with Crippen molar-refractivity contribution in [3.8, 4) is 10.9 Å². The Kier molecular flexibility index (Phi) is 6.46. The third kappa shape index (κ3) is 4.22. The van der Waals surface area contributed by atoms with Gasteiger partial charge in [-0.25, -0.2) is 4.98 Å². The summed E-state index contributed by atoms with van der Waals surface area (Å²) in [6.45, 7) is 5.66. The molecule has 3 aromatic heterocycles. The molecular weight excluding hydrogens is 492 g/mol. The Morgan fingerprint density at radius 3 is 2.67 bits per heavy atom. The summed E-state index contributed by atoms with van der Waals surface area (Å²) in [6.07, 6.45) is 3.61. The van der Waals surface area contributed by atoms with Gasteiger partial charge in [-0.3, -0.25) is 14.3 Å². The molecular formula is C26H26N6O2S2. The molecule has 1 aliphatic heterocycles. The van der Waals surface area contributed by atoms with Crippen molar-refractivity contribution in [1.82, 2.24) is 19.9 Å². The van der Waals surface area contributed by atoms with Crippen LogP contribution in [0.15, 0.2) is 60.2 Å². The number of rotatable bonds is 6. The highest BCUT2D eigenvalue weighted by atomic mass is 32.1. The molecule has 184 valence electrons. The second kappa shape index (κ2) is 9.71. The van der Waals surface area contributed by atoms with Crippen LogP contribution in [-0.2, 0) is 4.79 Å². The van der Waals surface area contributed by atoms with Crippen LogP contribution in [0, 0.1) is 13.8 Å². The Labute approximate surface area is 219 Å². The van der Waals surface area contributed by atoms with Crippen molar-refractivity contribution in [1.29, 1.82) is 0 Å². The molecule has 1 amide bonds. The van der Waals surface area contributed by atoms with Crippen molar-refractivity contribution in [3.63, 3.8) is 0 Å². The third-order valence-electron chi connectivity index (χ3n) is 6.27. The fraction of sp³-hybridized carbons (Fsp3) is 0.231. The van der Waals surface area contributed by atoms with E-state index in [1.807, 2.05) is 48.0 Å². The maximum absolute atomic E-state index is 11.9. The third-order valence-corrected chi connectivity index (χ3v) is 7.34. The highest BCUT2D eigenvalue weighted by molar-refractivity contribution is 7.80. The lowest BCUT2D eigenvalue weighted by Crippen LogP contribution is -2.29. The topological polar surface area (TPSA) is 84.3 Å². The summed E-state index contributed by atoms with van der Waals surface area (Å²) < 4.78 is 7.64. The second-order valence-electron chi connectivity index (χ2n) is 8.54. The number of aromatic nitrogens is 3. The number of carbonyl (C=O) groups is 1. The summed E-state index contributed by atoms with van der Waals surface area (Å²) in [4.78, 5) is 23.1. The molecule has 4 aromatic rings. The van der Waals surface area contributed by atoms with Crippen LogP contribution in [0.2, 0.25) is 0 Å². The number of carbonyl (C=O) groups excluding carboxylic acids is 1. The van der Waals surface area contributed by atoms with Crippen LogP contribution in [-0.4, -0.2) is 32.7 Å². The Hall–Kier alpha value is -3.76. The monoisotopic (exact) mass is 518 g/mol. The Balaban J connectivity index is 1.67. The number of ether oxygens (including phenoxy) is 1. The molecule has 1 aliphatic rings. The summed E-state index contributed by atoms with van der Waals surface area (Å²) in [5.41, 5.74) is 5.59. The number of aryl methyl sites for hydroxylation is 1. The van der Waals surface area contributed by atoms with Gasteiger partial charge in [-0.2, -0.15) is 0 Å². The van der Waals surface area contributed by atoms with Crippen molar-refractivity contribution in [2.24, 2.45) is 0 Å². The van der Waals surface area contributed by atoms with E-state index >= 15 is 0 Å². The predicted octanol–water partition coefficient (Wildman–Crippen LogP) is 5.09. The first-order valence-corrected chi connectivity index (χ1v) is 12.7. The number of nitrogens with one attached hydrogen (secondary N) is 2. The summed E-state index contributed by atoms with van der Waals surface area (Å²) in [6, 6.07) is 13.4. The van der Waals surface area contributed by atoms with E-state index in [0.717, 1.165) is 33.5 Å². The molecule has 8 nitrogen and oxygen atoms in total. The molecule has 2 atom stereocenters. The number of thiazole rings is 1. The van der Waals surface area contributed by atoms with E-state index in [2.05, 4.69) is 50.0 Å². The van der Waals surface area contributed by atoms with Gasteiger partial charge in [0.05, 0.1) is 30.6 Å². The van der Waals surface area contributed by atoms with Gasteiger partial charge in [0, 0.05) is 41.8 Å². The first-order valence-electron chi connectivity index (χ1n) is 11.4. The Morgan fingerprint density at radius 1 is 1.17 bits per heavy atom. The number of nitrogens with zero attached hydrogens (tertiary/aromatic N) is 4. The molecule has 5 rings (SSSR count). The molecule has 10 heteroatoms. The van der Waals surface area contributed by atoms with E-state index in [1.54, 1.807) is 24.6 Å². The molecule has 0 aliphatic carbocycles. The molecule has 1 aromatic carbocycles. The van der Waals surface area contributed by atoms with Gasteiger partial charge in [-0.1, -0.05) is 6.07 Å². The molecule has 0 spiro atoms. The molecule has 1 saturated heterocycles. The largest absolute Gasteiger partial charge is 0.495 e. The van der Waals surface area contributed by atoms with Crippen molar-refractivity contribution in [3.05, 3.63) is 82.9 Å². The lowest BCUT2D eigenvalue weighted by atomic mass is 9.96. The Bertz CT molecular complexity index is 1420. The van der Waals surface area contributed by atoms with Crippen LogP contribution in [0.3, 0.4) is 0 Å². The van der Waals surface area contributed by atoms with Gasteiger partial charge in [-0.15, -0.1) is 11.3 Å². The van der Waals surface area contributed by atoms with E-state index in [0.29, 0.717) is 16.5 Å². The molecule has 0 unspecified atom stereocenters. The number of thiocarbonyl (C=S) groups is 1. The minimum Gasteiger partial charge on any atom is -0.495 e. The lowest BCUT2D eigenvalue weighted by molar-refractivity contribution is -0.114. The number of methoxy groups -OCH3 is 1. The molecule has 4 heterocycles. The molecule has 2 N–H and O–H groups in total. The van der Waals surface area contributed by atoms with E-state index < -0.39 is 0 Å². The smallest absolute Gasteiger partial charge is 0.221 e. The van der Waals surface area contributed by atoms with Crippen LogP contribution in [0.5, 0.6) is 5.75 Å². The molecule has 0 bridgehead atoms. The number of hydrogen-bond acceptors (Lipinski definition) is 6. The van der Waals surface area contributed by atoms with E-state index in [1.165, 1.54) is 6.92 Å². The van der Waals surface area contributed by atoms with E-state index in [4.69, 9.17) is 17.0 Å². The van der Waals surface area contributed by atoms with Crippen molar-refractivity contribution >= 4 is 45.9 Å². The number of anilines is 2. The van der Waals surface area contributed by atoms with Gasteiger partial charge in [0.2, 0.25) is 5.91 Å². The average Bonchev–Trinajstić information content (AvgIpc) is 3.57. The minimum atomic E-state index is -0.189. The normalized spacial score (nSPS) is 17.2. The zero-order valence-corrected chi connectivity index (χ0v) is 22.0. The van der Waals surface area contributed by atoms with Gasteiger partial charge in [-0.05, 0) is 68.0 Å². The maximum Gasteiger partial charge on any atom is 0.221 e. The number of benzene rings is 1. The van der Waals surface area contributed by atoms with E-state index in [-0.39, 0.29) is 18.0 Å². The van der Waals surface area contributed by atoms with Crippen LogP contribution >= 0.6 is 23.6 Å². The van der Waals surface area contributed by atoms with Crippen molar-refractivity contribution < 1.29 is 9.53 Å². The quantitative estimate of drug-likeness (QED) is 0.344. The number of hydrogen-bond donors (Lipinski definition) is 2. The SMILES string of the molecule is COc1ccc(N2C(=S)N[C@@H](c3ccccn3)[C@@H]2c2cc(C)n(-c3nccs3)c2C)cc1NC(C)=O. The maximum atomic E-state index is 11.9. The summed E-state index contributed by atoms with van der Waals surface area (Å²) in [5, 5.41) is 9.84. The molecule has 0 radical (unpaired) electrons. The van der Waals surface area contributed by atoms with Crippen LogP contribution in [0.25, 0.3) is 5.13 Å². The minimum absolute atomic E-state index is 0.178. The van der Waals surface area contributed by atoms with Gasteiger partial charge in [0.15, 0.2) is 10.2 Å². The predicted molar refractivity (Wildman–Crippen MR) is 146 cm³/mol. The van der Waals surface area contributed by atoms with Crippen LogP contribution in [0.1, 0.15) is 41.7 Å². The number of amides is 1. The summed E-state index contributed by atoms with van der Waals surface area (Å²) in [5.74, 6) is 0.397. The van der Waals surface area contributed by atoms with Gasteiger partial charge >= 0.3 is 0 Å². The fourth-order valence-electron chi connectivity index (χ4n) is 4.79. The molecule has 0 saturated carbocycles. The second-order valence-corrected chi connectivity index (χ2v) is 9.80. The lowest BCUT2D eigenvalue weighted by Gasteiger charge is -2.28. The zero-order valence-electron chi connectivity index (χ0n) is 20.4. The van der Waals surface area contributed by atoms with Crippen LogP contribution in [0.4, 0.5) is 11.4 Å². The molecule has 1 fully saturated rings. The van der Waals surface area contributed by atoms with Gasteiger partial charge in [0.25, 0.3) is 0 Å². The summed E-state index contributed by atoms with van der Waals surface area (Å²) >= 11 is 7.48. The standard InChI is InChI=1S/C26H26N6O2S2/c1-15-13-19(16(2)31(15)26-28-11-12-36-26)24-23(20-7-5-6-10-27-20)30-25(35)32(24)18-8-9-22(34-4)21(14-18)29-17(3)33/h5-14,23-24H,1-4H3,(H,29,33)(H,30,35)/t23-,24-/m0/s1. The highest BCUT2D eigenvalue weighted by Crippen LogP contribution is 2.45. The van der Waals surface area contributed by atoms with Crippen molar-refractivity contribution in [2.75, 3.05) is 17.3 Å². The fourth-order valence-corrected chi connectivity index (χ4v) is 5.89. The highest BCUT2D eigenvalue weighted by Gasteiger charge is 2.42. The average molecular weight is 519 g/mol. The van der Waals surface area contributed by atoms with Crippen molar-refractivity contribution in [2.45, 2.75) is 32.9 Å². The zero-order chi connectivity index (χ0) is 25.4. The number of pyridine rings is 1. The first-order chi connectivity index (χ1) is 17.4. The van der Waals surface area contributed by atoms with Gasteiger partial charge < -0.3 is 20.3 Å². The first kappa shape index (κ1) is 24.0. The Morgan fingerprint density at radius 2 is 2.00 bits per heavy atom. The summed E-state index contributed by atoms with van der Waals surface area (Å²) in [7, 11) is 1.58. The van der Waals surface area contributed by atoms with Gasteiger partial charge in [0.1, 0.15) is 5.75 Å². The van der Waals surface area contributed by atoms with E-state index in [9.17, 15) is 4.79 Å².